The van der Waals surface area contributed by atoms with Crippen molar-refractivity contribution in [2.24, 2.45) is 0 Å². The van der Waals surface area contributed by atoms with Gasteiger partial charge in [0.1, 0.15) is 5.82 Å². The molecule has 0 saturated carbocycles. The fraction of sp³-hybridized carbons (Fsp3) is 0.250. The van der Waals surface area contributed by atoms with Crippen LogP contribution in [0.25, 0.3) is 21.5 Å². The predicted molar refractivity (Wildman–Crippen MR) is 85.0 cm³/mol. The maximum absolute atomic E-state index is 4.62. The van der Waals surface area contributed by atoms with Gasteiger partial charge in [-0.25, -0.2) is 9.97 Å². The molecule has 2 aromatic heterocycles. The van der Waals surface area contributed by atoms with E-state index in [0.717, 1.165) is 33.8 Å². The number of thiophene rings is 1. The van der Waals surface area contributed by atoms with Gasteiger partial charge in [0.15, 0.2) is 0 Å². The molecular weight excluding hydrogens is 266 g/mol. The molecule has 3 aromatic rings. The summed E-state index contributed by atoms with van der Waals surface area (Å²) in [4.78, 5) is 11.3. The molecule has 3 nitrogen and oxygen atoms in total. The Balaban J connectivity index is 2.04. The monoisotopic (exact) mass is 283 g/mol. The third kappa shape index (κ3) is 2.57. The molecule has 0 spiro atoms. The molecule has 0 bridgehead atoms. The van der Waals surface area contributed by atoms with Gasteiger partial charge in [-0.3, -0.25) is 0 Å². The lowest BCUT2D eigenvalue weighted by Crippen LogP contribution is -2.10. The van der Waals surface area contributed by atoms with Gasteiger partial charge in [-0.2, -0.15) is 0 Å². The molecule has 0 N–H and O–H groups in total. The summed E-state index contributed by atoms with van der Waals surface area (Å²) in [5.74, 6) is 0.822. The van der Waals surface area contributed by atoms with Crippen molar-refractivity contribution in [2.75, 3.05) is 14.1 Å². The van der Waals surface area contributed by atoms with Crippen LogP contribution in [0.4, 0.5) is 0 Å². The fourth-order valence-electron chi connectivity index (χ4n) is 2.31. The van der Waals surface area contributed by atoms with Gasteiger partial charge in [-0.1, -0.05) is 24.3 Å². The maximum atomic E-state index is 4.62. The molecule has 0 radical (unpaired) electrons. The van der Waals surface area contributed by atoms with Crippen molar-refractivity contribution < 1.29 is 0 Å². The Bertz CT molecular complexity index is 729. The zero-order valence-corrected chi connectivity index (χ0v) is 12.7. The first-order valence-electron chi connectivity index (χ1n) is 6.59. The Morgan fingerprint density at radius 3 is 2.50 bits per heavy atom. The fourth-order valence-corrected chi connectivity index (χ4v) is 3.15. The van der Waals surface area contributed by atoms with Crippen molar-refractivity contribution in [2.45, 2.75) is 13.5 Å². The first-order chi connectivity index (χ1) is 9.63. The molecule has 0 saturated heterocycles. The lowest BCUT2D eigenvalue weighted by molar-refractivity contribution is 0.402. The van der Waals surface area contributed by atoms with E-state index in [9.17, 15) is 0 Å². The second-order valence-corrected chi connectivity index (χ2v) is 6.11. The van der Waals surface area contributed by atoms with Crippen LogP contribution in [0.2, 0.25) is 0 Å². The van der Waals surface area contributed by atoms with Crippen LogP contribution < -0.4 is 0 Å². The van der Waals surface area contributed by atoms with E-state index in [1.54, 1.807) is 11.3 Å². The van der Waals surface area contributed by atoms with E-state index in [2.05, 4.69) is 64.7 Å². The smallest absolute Gasteiger partial charge is 0.126 e. The molecule has 1 aromatic carbocycles. The SMILES string of the molecule is Cc1nc(-c2ccc(CN(C)C)cc2)c2sccc2n1. The van der Waals surface area contributed by atoms with E-state index in [1.165, 1.54) is 5.56 Å². The molecule has 0 aliphatic heterocycles. The molecule has 3 rings (SSSR count). The summed E-state index contributed by atoms with van der Waals surface area (Å²) in [6, 6.07) is 10.7. The highest BCUT2D eigenvalue weighted by molar-refractivity contribution is 7.17. The van der Waals surface area contributed by atoms with Gasteiger partial charge in [0, 0.05) is 12.1 Å². The highest BCUT2D eigenvalue weighted by atomic mass is 32.1. The number of benzene rings is 1. The van der Waals surface area contributed by atoms with Crippen molar-refractivity contribution in [3.63, 3.8) is 0 Å². The summed E-state index contributed by atoms with van der Waals surface area (Å²) in [5.41, 5.74) is 4.55. The van der Waals surface area contributed by atoms with E-state index >= 15 is 0 Å². The molecule has 0 aliphatic rings. The quantitative estimate of drug-likeness (QED) is 0.733. The maximum Gasteiger partial charge on any atom is 0.126 e. The second-order valence-electron chi connectivity index (χ2n) is 5.19. The minimum Gasteiger partial charge on any atom is -0.305 e. The molecule has 0 amide bonds. The van der Waals surface area contributed by atoms with E-state index in [1.807, 2.05) is 6.92 Å². The number of aromatic nitrogens is 2. The predicted octanol–water partition coefficient (Wildman–Crippen LogP) is 3.73. The topological polar surface area (TPSA) is 29.0 Å². The molecular formula is C16H17N3S. The van der Waals surface area contributed by atoms with Gasteiger partial charge in [-0.15, -0.1) is 11.3 Å². The van der Waals surface area contributed by atoms with Crippen LogP contribution >= 0.6 is 11.3 Å². The van der Waals surface area contributed by atoms with Gasteiger partial charge in [0.2, 0.25) is 0 Å². The van der Waals surface area contributed by atoms with Crippen LogP contribution in [-0.4, -0.2) is 29.0 Å². The first kappa shape index (κ1) is 13.2. The first-order valence-corrected chi connectivity index (χ1v) is 7.47. The summed E-state index contributed by atoms with van der Waals surface area (Å²) >= 11 is 1.70. The zero-order valence-electron chi connectivity index (χ0n) is 11.9. The lowest BCUT2D eigenvalue weighted by atomic mass is 10.1. The Morgan fingerprint density at radius 2 is 1.80 bits per heavy atom. The van der Waals surface area contributed by atoms with E-state index in [0.29, 0.717) is 0 Å². The Labute approximate surface area is 122 Å². The summed E-state index contributed by atoms with van der Waals surface area (Å²) in [5, 5.41) is 2.07. The molecule has 0 aliphatic carbocycles. The third-order valence-corrected chi connectivity index (χ3v) is 4.05. The van der Waals surface area contributed by atoms with Crippen molar-refractivity contribution >= 4 is 21.6 Å². The number of rotatable bonds is 3. The van der Waals surface area contributed by atoms with Crippen molar-refractivity contribution in [1.82, 2.24) is 14.9 Å². The van der Waals surface area contributed by atoms with E-state index < -0.39 is 0 Å². The Morgan fingerprint density at radius 1 is 1.05 bits per heavy atom. The lowest BCUT2D eigenvalue weighted by Gasteiger charge is -2.10. The van der Waals surface area contributed by atoms with Crippen molar-refractivity contribution in [3.05, 3.63) is 47.1 Å². The number of aryl methyl sites for hydroxylation is 1. The van der Waals surface area contributed by atoms with Crippen LogP contribution in [0.1, 0.15) is 11.4 Å². The molecule has 4 heteroatoms. The van der Waals surface area contributed by atoms with Crippen LogP contribution in [0.3, 0.4) is 0 Å². The minimum absolute atomic E-state index is 0.822. The number of hydrogen-bond acceptors (Lipinski definition) is 4. The normalized spacial score (nSPS) is 11.4. The summed E-state index contributed by atoms with van der Waals surface area (Å²) in [6.45, 7) is 2.90. The van der Waals surface area contributed by atoms with Crippen LogP contribution in [0.15, 0.2) is 35.7 Å². The highest BCUT2D eigenvalue weighted by Gasteiger charge is 2.09. The van der Waals surface area contributed by atoms with Gasteiger partial charge >= 0.3 is 0 Å². The Hall–Kier alpha value is -1.78. The molecule has 0 unspecified atom stereocenters. The van der Waals surface area contributed by atoms with Crippen LogP contribution in [0.5, 0.6) is 0 Å². The molecule has 0 atom stereocenters. The molecule has 20 heavy (non-hydrogen) atoms. The highest BCUT2D eigenvalue weighted by Crippen LogP contribution is 2.30. The third-order valence-electron chi connectivity index (χ3n) is 3.14. The summed E-state index contributed by atoms with van der Waals surface area (Å²) in [6.07, 6.45) is 0. The van der Waals surface area contributed by atoms with E-state index in [4.69, 9.17) is 0 Å². The standard InChI is InChI=1S/C16H17N3S/c1-11-17-14-8-9-20-16(14)15(18-11)13-6-4-12(5-7-13)10-19(2)3/h4-9H,10H2,1-3H3. The van der Waals surface area contributed by atoms with Gasteiger partial charge in [-0.05, 0) is 38.0 Å². The number of hydrogen-bond donors (Lipinski definition) is 0. The zero-order chi connectivity index (χ0) is 14.1. The number of nitrogens with zero attached hydrogens (tertiary/aromatic N) is 3. The second kappa shape index (κ2) is 5.31. The van der Waals surface area contributed by atoms with E-state index in [-0.39, 0.29) is 0 Å². The molecule has 2 heterocycles. The van der Waals surface area contributed by atoms with Crippen LogP contribution in [-0.2, 0) is 6.54 Å². The minimum atomic E-state index is 0.822. The average Bonchev–Trinajstić information content (AvgIpc) is 2.86. The van der Waals surface area contributed by atoms with Crippen molar-refractivity contribution in [1.29, 1.82) is 0 Å². The number of fused-ring (bicyclic) bond motifs is 1. The van der Waals surface area contributed by atoms with Gasteiger partial charge in [0.05, 0.1) is 15.9 Å². The van der Waals surface area contributed by atoms with Crippen molar-refractivity contribution in [3.8, 4) is 11.3 Å². The van der Waals surface area contributed by atoms with Crippen LogP contribution in [0, 0.1) is 6.92 Å². The molecule has 0 fully saturated rings. The molecule has 102 valence electrons. The average molecular weight is 283 g/mol. The largest absolute Gasteiger partial charge is 0.305 e. The van der Waals surface area contributed by atoms with Gasteiger partial charge in [0.25, 0.3) is 0 Å². The Kier molecular flexibility index (Phi) is 3.51. The summed E-state index contributed by atoms with van der Waals surface area (Å²) < 4.78 is 1.16. The summed E-state index contributed by atoms with van der Waals surface area (Å²) in [7, 11) is 4.16. The van der Waals surface area contributed by atoms with Gasteiger partial charge < -0.3 is 4.90 Å².